The Morgan fingerprint density at radius 1 is 1.15 bits per heavy atom. The second-order valence-corrected chi connectivity index (χ2v) is 6.61. The minimum atomic E-state index is 0.0457. The Balaban J connectivity index is 1.32. The smallest absolute Gasteiger partial charge is 0.220 e. The number of nitrogens with zero attached hydrogens (tertiary/aromatic N) is 2. The lowest BCUT2D eigenvalue weighted by Gasteiger charge is -2.06. The lowest BCUT2D eigenvalue weighted by atomic mass is 10.3. The van der Waals surface area contributed by atoms with Crippen molar-refractivity contribution in [3.8, 4) is 16.3 Å². The zero-order chi connectivity index (χ0) is 18.0. The summed E-state index contributed by atoms with van der Waals surface area (Å²) in [7, 11) is 0. The largest absolute Gasteiger partial charge is 0.494 e. The van der Waals surface area contributed by atoms with Gasteiger partial charge >= 0.3 is 0 Å². The van der Waals surface area contributed by atoms with Crippen molar-refractivity contribution in [2.45, 2.75) is 19.3 Å². The predicted octanol–water partition coefficient (Wildman–Crippen LogP) is 3.72. The molecule has 134 valence electrons. The molecule has 0 radical (unpaired) electrons. The van der Waals surface area contributed by atoms with Crippen LogP contribution >= 0.6 is 11.3 Å². The van der Waals surface area contributed by atoms with Gasteiger partial charge in [0, 0.05) is 42.7 Å². The number of carbonyl (C=O) groups is 1. The predicted molar refractivity (Wildman–Crippen MR) is 103 cm³/mol. The molecule has 0 aliphatic carbocycles. The summed E-state index contributed by atoms with van der Waals surface area (Å²) in [6, 6.07) is 13.5. The van der Waals surface area contributed by atoms with E-state index in [0.717, 1.165) is 28.4 Å². The molecule has 1 amide bonds. The number of aromatic nitrogens is 2. The molecule has 3 rings (SSSR count). The molecular weight excluding hydrogens is 346 g/mol. The van der Waals surface area contributed by atoms with Crippen LogP contribution in [0.25, 0.3) is 10.6 Å². The molecule has 5 nitrogen and oxygen atoms in total. The summed E-state index contributed by atoms with van der Waals surface area (Å²) in [6.45, 7) is 1.13. The van der Waals surface area contributed by atoms with Gasteiger partial charge in [-0.2, -0.15) is 0 Å². The number of thiazole rings is 1. The van der Waals surface area contributed by atoms with Gasteiger partial charge in [0.2, 0.25) is 5.91 Å². The molecular formula is C20H21N3O2S. The molecule has 0 atom stereocenters. The molecule has 3 aromatic rings. The lowest BCUT2D eigenvalue weighted by Crippen LogP contribution is -2.25. The third-order valence-corrected chi connectivity index (χ3v) is 4.66. The quantitative estimate of drug-likeness (QED) is 0.586. The Kier molecular flexibility index (Phi) is 6.73. The van der Waals surface area contributed by atoms with Gasteiger partial charge in [0.25, 0.3) is 0 Å². The van der Waals surface area contributed by atoms with E-state index in [9.17, 15) is 4.79 Å². The highest BCUT2D eigenvalue weighted by Gasteiger charge is 2.06. The highest BCUT2D eigenvalue weighted by molar-refractivity contribution is 7.13. The van der Waals surface area contributed by atoms with E-state index < -0.39 is 0 Å². The van der Waals surface area contributed by atoms with Crippen molar-refractivity contribution < 1.29 is 9.53 Å². The minimum Gasteiger partial charge on any atom is -0.494 e. The Bertz CT molecular complexity index is 806. The van der Waals surface area contributed by atoms with E-state index in [4.69, 9.17) is 4.74 Å². The van der Waals surface area contributed by atoms with Gasteiger partial charge in [0.05, 0.1) is 12.3 Å². The van der Waals surface area contributed by atoms with Crippen LogP contribution in [-0.4, -0.2) is 29.0 Å². The number of nitrogens with one attached hydrogen (secondary N) is 1. The van der Waals surface area contributed by atoms with E-state index in [-0.39, 0.29) is 5.91 Å². The van der Waals surface area contributed by atoms with Crippen LogP contribution in [0.1, 0.15) is 18.5 Å². The fourth-order valence-electron chi connectivity index (χ4n) is 2.40. The maximum Gasteiger partial charge on any atom is 0.220 e. The van der Waals surface area contributed by atoms with E-state index in [0.29, 0.717) is 26.0 Å². The van der Waals surface area contributed by atoms with Gasteiger partial charge in [-0.1, -0.05) is 18.2 Å². The number of para-hydroxylation sites is 1. The van der Waals surface area contributed by atoms with E-state index in [1.54, 1.807) is 17.5 Å². The van der Waals surface area contributed by atoms with Crippen LogP contribution in [0.15, 0.2) is 60.2 Å². The Morgan fingerprint density at radius 3 is 2.85 bits per heavy atom. The van der Waals surface area contributed by atoms with Crippen molar-refractivity contribution in [1.29, 1.82) is 0 Å². The number of rotatable bonds is 9. The summed E-state index contributed by atoms with van der Waals surface area (Å²) in [6.07, 6.45) is 5.44. The number of hydrogen-bond donors (Lipinski definition) is 1. The van der Waals surface area contributed by atoms with E-state index in [2.05, 4.69) is 15.3 Å². The molecule has 1 N–H and O–H groups in total. The van der Waals surface area contributed by atoms with Crippen molar-refractivity contribution >= 4 is 17.2 Å². The van der Waals surface area contributed by atoms with Crippen molar-refractivity contribution in [2.24, 2.45) is 0 Å². The molecule has 26 heavy (non-hydrogen) atoms. The average molecular weight is 367 g/mol. The van der Waals surface area contributed by atoms with Crippen LogP contribution in [-0.2, 0) is 11.2 Å². The standard InChI is InChI=1S/C20H21N3O2S/c24-19(9-5-13-25-18-7-2-1-3-8-18)22-12-10-17-15-26-20(23-17)16-6-4-11-21-14-16/h1-4,6-8,11,14-15H,5,9-10,12-13H2,(H,22,24). The average Bonchev–Trinajstić information content (AvgIpc) is 3.16. The first-order chi connectivity index (χ1) is 12.8. The van der Waals surface area contributed by atoms with Crippen LogP contribution in [0.2, 0.25) is 0 Å². The van der Waals surface area contributed by atoms with Crippen LogP contribution in [0.4, 0.5) is 0 Å². The summed E-state index contributed by atoms with van der Waals surface area (Å²) in [5.74, 6) is 0.880. The number of ether oxygens (including phenoxy) is 1. The molecule has 2 heterocycles. The normalized spacial score (nSPS) is 10.5. The van der Waals surface area contributed by atoms with Crippen LogP contribution in [0, 0.1) is 0 Å². The molecule has 0 bridgehead atoms. The SMILES string of the molecule is O=C(CCCOc1ccccc1)NCCc1csc(-c2cccnc2)n1. The molecule has 0 unspecified atom stereocenters. The summed E-state index contributed by atoms with van der Waals surface area (Å²) >= 11 is 1.60. The number of carbonyl (C=O) groups excluding carboxylic acids is 1. The van der Waals surface area contributed by atoms with Crippen molar-refractivity contribution in [3.63, 3.8) is 0 Å². The lowest BCUT2D eigenvalue weighted by molar-refractivity contribution is -0.121. The van der Waals surface area contributed by atoms with Gasteiger partial charge in [0.15, 0.2) is 0 Å². The maximum absolute atomic E-state index is 11.9. The number of amides is 1. The van der Waals surface area contributed by atoms with Gasteiger partial charge in [-0.3, -0.25) is 9.78 Å². The summed E-state index contributed by atoms with van der Waals surface area (Å²) in [4.78, 5) is 20.6. The molecule has 0 fully saturated rings. The second-order valence-electron chi connectivity index (χ2n) is 5.75. The topological polar surface area (TPSA) is 64.1 Å². The van der Waals surface area contributed by atoms with Gasteiger partial charge in [0.1, 0.15) is 10.8 Å². The molecule has 0 aliphatic heterocycles. The fraction of sp³-hybridized carbons (Fsp3) is 0.250. The van der Waals surface area contributed by atoms with E-state index >= 15 is 0 Å². The molecule has 2 aromatic heterocycles. The van der Waals surface area contributed by atoms with Crippen molar-refractivity contribution in [3.05, 3.63) is 65.9 Å². The molecule has 1 aromatic carbocycles. The summed E-state index contributed by atoms with van der Waals surface area (Å²) in [5.41, 5.74) is 2.01. The first kappa shape index (κ1) is 18.1. The molecule has 0 saturated heterocycles. The molecule has 0 saturated carbocycles. The highest BCUT2D eigenvalue weighted by atomic mass is 32.1. The van der Waals surface area contributed by atoms with Gasteiger partial charge in [-0.25, -0.2) is 4.98 Å². The molecule has 0 aliphatic rings. The first-order valence-corrected chi connectivity index (χ1v) is 9.48. The Morgan fingerprint density at radius 2 is 2.04 bits per heavy atom. The third kappa shape index (κ3) is 5.67. The summed E-state index contributed by atoms with van der Waals surface area (Å²) < 4.78 is 5.58. The van der Waals surface area contributed by atoms with Crippen molar-refractivity contribution in [2.75, 3.05) is 13.2 Å². The minimum absolute atomic E-state index is 0.0457. The maximum atomic E-state index is 11.9. The second kappa shape index (κ2) is 9.68. The molecule has 0 spiro atoms. The van der Waals surface area contributed by atoms with E-state index in [1.165, 1.54) is 0 Å². The first-order valence-electron chi connectivity index (χ1n) is 8.60. The third-order valence-electron chi connectivity index (χ3n) is 3.72. The van der Waals surface area contributed by atoms with Crippen molar-refractivity contribution in [1.82, 2.24) is 15.3 Å². The molecule has 6 heteroatoms. The number of benzene rings is 1. The number of hydrogen-bond acceptors (Lipinski definition) is 5. The summed E-state index contributed by atoms with van der Waals surface area (Å²) in [5, 5.41) is 5.92. The van der Waals surface area contributed by atoms with E-state index in [1.807, 2.05) is 54.0 Å². The van der Waals surface area contributed by atoms with Crippen LogP contribution in [0.3, 0.4) is 0 Å². The Labute approximate surface area is 157 Å². The monoisotopic (exact) mass is 367 g/mol. The zero-order valence-corrected chi connectivity index (χ0v) is 15.2. The number of pyridine rings is 1. The Hall–Kier alpha value is -2.73. The van der Waals surface area contributed by atoms with Crippen LogP contribution in [0.5, 0.6) is 5.75 Å². The van der Waals surface area contributed by atoms with Crippen LogP contribution < -0.4 is 10.1 Å². The fourth-order valence-corrected chi connectivity index (χ4v) is 3.25. The van der Waals surface area contributed by atoms with Gasteiger partial charge in [-0.05, 0) is 30.7 Å². The highest BCUT2D eigenvalue weighted by Crippen LogP contribution is 2.22. The van der Waals surface area contributed by atoms with Gasteiger partial charge < -0.3 is 10.1 Å². The zero-order valence-electron chi connectivity index (χ0n) is 14.4. The van der Waals surface area contributed by atoms with Gasteiger partial charge in [-0.15, -0.1) is 11.3 Å².